The molecule has 1 aromatic carbocycles. The minimum absolute atomic E-state index is 0.155. The molecule has 10 heteroatoms. The van der Waals surface area contributed by atoms with Gasteiger partial charge in [0.25, 0.3) is 0 Å². The maximum absolute atomic E-state index is 14.6. The molecule has 2 aliphatic rings. The summed E-state index contributed by atoms with van der Waals surface area (Å²) < 4.78 is 27.9. The third kappa shape index (κ3) is 5.74. The predicted molar refractivity (Wildman–Crippen MR) is 140 cm³/mol. The monoisotopic (exact) mass is 523 g/mol. The second-order valence-electron chi connectivity index (χ2n) is 11.2. The van der Waals surface area contributed by atoms with E-state index in [4.69, 9.17) is 14.5 Å². The molecule has 2 aromatic heterocycles. The number of aldehydes is 1. The molecule has 1 amide bonds. The van der Waals surface area contributed by atoms with Crippen molar-refractivity contribution in [3.8, 4) is 5.75 Å². The molecule has 1 N–H and O–H groups in total. The van der Waals surface area contributed by atoms with Gasteiger partial charge in [-0.3, -0.25) is 4.79 Å². The minimum Gasteiger partial charge on any atom is -0.489 e. The van der Waals surface area contributed by atoms with Crippen molar-refractivity contribution in [2.75, 3.05) is 18.0 Å². The number of nitrogens with zero attached hydrogens (tertiary/aromatic N) is 4. The van der Waals surface area contributed by atoms with E-state index in [1.54, 1.807) is 37.4 Å². The van der Waals surface area contributed by atoms with Gasteiger partial charge in [0.1, 0.15) is 29.1 Å². The number of halogens is 1. The maximum atomic E-state index is 14.6. The van der Waals surface area contributed by atoms with Crippen molar-refractivity contribution in [2.24, 2.45) is 5.92 Å². The quantitative estimate of drug-likeness (QED) is 0.399. The number of alkyl carbamates (subject to hydrolysis) is 1. The summed E-state index contributed by atoms with van der Waals surface area (Å²) in [5.74, 6) is 1.58. The fourth-order valence-corrected chi connectivity index (χ4v) is 4.89. The smallest absolute Gasteiger partial charge is 0.407 e. The molecule has 0 bridgehead atoms. The lowest BCUT2D eigenvalue weighted by atomic mass is 9.98. The molecule has 1 aliphatic heterocycles. The molecular weight excluding hydrogens is 489 g/mol. The minimum atomic E-state index is -0.594. The third-order valence-electron chi connectivity index (χ3n) is 6.82. The van der Waals surface area contributed by atoms with E-state index < -0.39 is 11.7 Å². The Balaban J connectivity index is 1.42. The Kier molecular flexibility index (Phi) is 6.98. The number of rotatable bonds is 9. The lowest BCUT2D eigenvalue weighted by molar-refractivity contribution is 0.0504. The molecule has 9 nitrogen and oxygen atoms in total. The molecule has 3 aromatic rings. The number of hydrogen-bond acceptors (Lipinski definition) is 7. The van der Waals surface area contributed by atoms with Crippen LogP contribution in [0.15, 0.2) is 30.6 Å². The van der Waals surface area contributed by atoms with Crippen LogP contribution in [0.3, 0.4) is 0 Å². The van der Waals surface area contributed by atoms with Crippen molar-refractivity contribution in [1.29, 1.82) is 0 Å². The van der Waals surface area contributed by atoms with Gasteiger partial charge in [-0.15, -0.1) is 0 Å². The van der Waals surface area contributed by atoms with Crippen LogP contribution >= 0.6 is 0 Å². The number of carbonyl (C=O) groups excluding carboxylic acids is 2. The number of nitrogens with one attached hydrogen (secondary N) is 1. The van der Waals surface area contributed by atoms with Gasteiger partial charge in [-0.25, -0.2) is 18.7 Å². The van der Waals surface area contributed by atoms with E-state index in [1.165, 1.54) is 12.3 Å². The number of anilines is 1. The van der Waals surface area contributed by atoms with Crippen LogP contribution in [0.2, 0.25) is 0 Å². The van der Waals surface area contributed by atoms with Gasteiger partial charge in [-0.2, -0.15) is 5.10 Å². The fourth-order valence-electron chi connectivity index (χ4n) is 4.89. The first-order valence-corrected chi connectivity index (χ1v) is 13.1. The molecule has 1 saturated carbocycles. The van der Waals surface area contributed by atoms with Crippen LogP contribution in [0, 0.1) is 11.7 Å². The zero-order chi connectivity index (χ0) is 27.0. The molecule has 2 atom stereocenters. The molecule has 0 radical (unpaired) electrons. The summed E-state index contributed by atoms with van der Waals surface area (Å²) in [6.07, 6.45) is 7.21. The zero-order valence-electron chi connectivity index (χ0n) is 22.2. The van der Waals surface area contributed by atoms with E-state index in [0.29, 0.717) is 22.9 Å². The lowest BCUT2D eigenvalue weighted by Crippen LogP contribution is -2.38. The van der Waals surface area contributed by atoms with Crippen LogP contribution in [0.5, 0.6) is 5.75 Å². The van der Waals surface area contributed by atoms with Crippen molar-refractivity contribution in [1.82, 2.24) is 19.9 Å². The Bertz CT molecular complexity index is 1350. The van der Waals surface area contributed by atoms with Gasteiger partial charge in [0.15, 0.2) is 11.9 Å². The molecule has 3 heterocycles. The van der Waals surface area contributed by atoms with Crippen LogP contribution < -0.4 is 15.0 Å². The maximum Gasteiger partial charge on any atom is 0.407 e. The Morgan fingerprint density at radius 3 is 2.82 bits per heavy atom. The van der Waals surface area contributed by atoms with Crippen molar-refractivity contribution < 1.29 is 23.5 Å². The predicted octanol–water partition coefficient (Wildman–Crippen LogP) is 4.88. The van der Waals surface area contributed by atoms with Crippen LogP contribution in [-0.4, -0.2) is 51.8 Å². The van der Waals surface area contributed by atoms with Gasteiger partial charge in [-0.05, 0) is 64.7 Å². The highest BCUT2D eigenvalue weighted by Gasteiger charge is 2.36. The van der Waals surface area contributed by atoms with E-state index in [9.17, 15) is 14.0 Å². The van der Waals surface area contributed by atoms with E-state index in [1.807, 2.05) is 13.1 Å². The highest BCUT2D eigenvalue weighted by atomic mass is 19.1. The molecule has 38 heavy (non-hydrogen) atoms. The normalized spacial score (nSPS) is 16.7. The van der Waals surface area contributed by atoms with Crippen LogP contribution in [-0.2, 0) is 11.2 Å². The van der Waals surface area contributed by atoms with Crippen LogP contribution in [0.4, 0.5) is 15.0 Å². The SMILES string of the molecule is C[C@@H](CNC(=O)OC(C)(C)C)Oc1ccc(F)cc1C(CC1CC1)N1CCc2cn3ncc(C=O)c3nc21. The van der Waals surface area contributed by atoms with Gasteiger partial charge >= 0.3 is 6.09 Å². The lowest BCUT2D eigenvalue weighted by Gasteiger charge is -2.32. The first kappa shape index (κ1) is 25.9. The van der Waals surface area contributed by atoms with Gasteiger partial charge < -0.3 is 19.7 Å². The van der Waals surface area contributed by atoms with Crippen molar-refractivity contribution in [3.63, 3.8) is 0 Å². The molecule has 0 spiro atoms. The Morgan fingerprint density at radius 2 is 2.11 bits per heavy atom. The fraction of sp³-hybridized carbons (Fsp3) is 0.500. The highest BCUT2D eigenvalue weighted by molar-refractivity contribution is 5.84. The largest absolute Gasteiger partial charge is 0.489 e. The number of benzene rings is 1. The Labute approximate surface area is 221 Å². The topological polar surface area (TPSA) is 98.1 Å². The van der Waals surface area contributed by atoms with E-state index in [-0.39, 0.29) is 24.5 Å². The summed E-state index contributed by atoms with van der Waals surface area (Å²) in [6, 6.07) is 4.44. The number of carbonyl (C=O) groups is 2. The Morgan fingerprint density at radius 1 is 1.32 bits per heavy atom. The average molecular weight is 524 g/mol. The van der Waals surface area contributed by atoms with Crippen LogP contribution in [0.1, 0.15) is 74.5 Å². The number of amides is 1. The van der Waals surface area contributed by atoms with Crippen molar-refractivity contribution >= 4 is 23.8 Å². The molecule has 5 rings (SSSR count). The molecule has 1 aliphatic carbocycles. The second kappa shape index (κ2) is 10.2. The van der Waals surface area contributed by atoms with E-state index >= 15 is 0 Å². The van der Waals surface area contributed by atoms with E-state index in [2.05, 4.69) is 15.3 Å². The molecule has 1 fully saturated rings. The summed E-state index contributed by atoms with van der Waals surface area (Å²) in [6.45, 7) is 8.22. The summed E-state index contributed by atoms with van der Waals surface area (Å²) >= 11 is 0. The summed E-state index contributed by atoms with van der Waals surface area (Å²) in [4.78, 5) is 30.7. The van der Waals surface area contributed by atoms with Crippen molar-refractivity contribution in [2.45, 2.75) is 71.1 Å². The standard InChI is InChI=1S/C28H34FN5O4/c1-17(13-30-27(36)38-28(2,3)4)37-24-8-7-21(29)12-22(24)23(11-18-5-6-18)33-10-9-19-15-34-26(32-25(19)33)20(16-35)14-31-34/h7-8,12,14-18,23H,5-6,9-11,13H2,1-4H3,(H,30,36)/t17-,23?/m0/s1. The first-order valence-electron chi connectivity index (χ1n) is 13.1. The molecule has 0 saturated heterocycles. The zero-order valence-corrected chi connectivity index (χ0v) is 22.2. The summed E-state index contributed by atoms with van der Waals surface area (Å²) in [5, 5.41) is 6.99. The third-order valence-corrected chi connectivity index (χ3v) is 6.82. The molecule has 1 unspecified atom stereocenters. The summed E-state index contributed by atoms with van der Waals surface area (Å²) in [5.41, 5.74) is 2.13. The average Bonchev–Trinajstić information content (AvgIpc) is 3.45. The number of ether oxygens (including phenoxy) is 2. The van der Waals surface area contributed by atoms with Gasteiger partial charge in [-0.1, -0.05) is 12.8 Å². The summed E-state index contributed by atoms with van der Waals surface area (Å²) in [7, 11) is 0. The second-order valence-corrected chi connectivity index (χ2v) is 11.2. The number of hydrogen-bond donors (Lipinski definition) is 1. The van der Waals surface area contributed by atoms with Gasteiger partial charge in [0, 0.05) is 23.9 Å². The van der Waals surface area contributed by atoms with E-state index in [0.717, 1.165) is 55.5 Å². The number of aromatic nitrogens is 3. The highest BCUT2D eigenvalue weighted by Crippen LogP contribution is 2.45. The van der Waals surface area contributed by atoms with Gasteiger partial charge in [0.05, 0.1) is 24.3 Å². The number of fused-ring (bicyclic) bond motifs is 2. The van der Waals surface area contributed by atoms with Gasteiger partial charge in [0.2, 0.25) is 0 Å². The molecule has 202 valence electrons. The first-order chi connectivity index (χ1) is 18.1. The van der Waals surface area contributed by atoms with Crippen LogP contribution in [0.25, 0.3) is 5.65 Å². The Hall–Kier alpha value is -3.69. The molecular formula is C28H34FN5O4. The van der Waals surface area contributed by atoms with Crippen molar-refractivity contribution in [3.05, 3.63) is 53.1 Å².